The molecule has 5 heteroatoms. The number of hydrogen-bond acceptors (Lipinski definition) is 3. The Morgan fingerprint density at radius 3 is 2.86 bits per heavy atom. The van der Waals surface area contributed by atoms with Gasteiger partial charge in [0.05, 0.1) is 12.6 Å². The first-order chi connectivity index (χ1) is 14.0. The Morgan fingerprint density at radius 1 is 1.31 bits per heavy atom. The second-order valence-electron chi connectivity index (χ2n) is 8.99. The molecule has 1 saturated heterocycles. The van der Waals surface area contributed by atoms with E-state index in [0.717, 1.165) is 32.4 Å². The molecule has 2 aromatic rings. The molecule has 0 unspecified atom stereocenters. The van der Waals surface area contributed by atoms with E-state index in [4.69, 9.17) is 5.11 Å². The maximum absolute atomic E-state index is 12.6. The van der Waals surface area contributed by atoms with E-state index in [0.29, 0.717) is 19.0 Å². The summed E-state index contributed by atoms with van der Waals surface area (Å²) in [6.45, 7) is 5.03. The van der Waals surface area contributed by atoms with Gasteiger partial charge >= 0.3 is 0 Å². The fraction of sp³-hybridized carbons (Fsp3) is 0.625. The first-order valence-corrected chi connectivity index (χ1v) is 11.2. The number of fused-ring (bicyclic) bond motifs is 5. The first-order valence-electron chi connectivity index (χ1n) is 11.2. The largest absolute Gasteiger partial charge is 0.395 e. The van der Waals surface area contributed by atoms with Crippen LogP contribution in [0.5, 0.6) is 0 Å². The van der Waals surface area contributed by atoms with Gasteiger partial charge in [-0.2, -0.15) is 0 Å². The van der Waals surface area contributed by atoms with Crippen molar-refractivity contribution >= 4 is 16.8 Å². The second kappa shape index (κ2) is 8.11. The van der Waals surface area contributed by atoms with Crippen LogP contribution in [0.25, 0.3) is 10.9 Å². The van der Waals surface area contributed by atoms with Gasteiger partial charge in [0.1, 0.15) is 0 Å². The Kier molecular flexibility index (Phi) is 5.71. The van der Waals surface area contributed by atoms with E-state index in [2.05, 4.69) is 47.7 Å². The van der Waals surface area contributed by atoms with Crippen LogP contribution >= 0.6 is 0 Å². The fourth-order valence-corrected chi connectivity index (χ4v) is 5.98. The van der Waals surface area contributed by atoms with E-state index in [1.165, 1.54) is 35.0 Å². The predicted molar refractivity (Wildman–Crippen MR) is 117 cm³/mol. The minimum Gasteiger partial charge on any atom is -0.395 e. The van der Waals surface area contributed by atoms with Crippen molar-refractivity contribution < 1.29 is 9.90 Å². The number of aryl methyl sites for hydroxylation is 1. The SMILES string of the molecule is CC[C@]1(CCC(=O)N(C)CCO)CCCN2CCc3c(n(C)c4ccccc34)[C@@H]21. The molecule has 158 valence electrons. The lowest BCUT2D eigenvalue weighted by atomic mass is 9.65. The number of aliphatic hydroxyl groups excluding tert-OH is 1. The number of benzene rings is 1. The zero-order valence-corrected chi connectivity index (χ0v) is 18.2. The third-order valence-electron chi connectivity index (χ3n) is 7.64. The molecule has 0 bridgehead atoms. The van der Waals surface area contributed by atoms with Gasteiger partial charge in [-0.25, -0.2) is 0 Å². The van der Waals surface area contributed by atoms with Gasteiger partial charge < -0.3 is 14.6 Å². The number of aromatic nitrogens is 1. The summed E-state index contributed by atoms with van der Waals surface area (Å²) < 4.78 is 2.43. The van der Waals surface area contributed by atoms with Crippen molar-refractivity contribution in [3.63, 3.8) is 0 Å². The van der Waals surface area contributed by atoms with Gasteiger partial charge in [-0.15, -0.1) is 0 Å². The van der Waals surface area contributed by atoms with Crippen LogP contribution in [0.4, 0.5) is 0 Å². The molecule has 0 aliphatic carbocycles. The Morgan fingerprint density at radius 2 is 2.10 bits per heavy atom. The first kappa shape index (κ1) is 20.4. The highest BCUT2D eigenvalue weighted by molar-refractivity contribution is 5.86. The Bertz CT molecular complexity index is 890. The summed E-state index contributed by atoms with van der Waals surface area (Å²) in [4.78, 5) is 17.0. The normalized spacial score (nSPS) is 24.3. The van der Waals surface area contributed by atoms with Crippen molar-refractivity contribution in [3.8, 4) is 0 Å². The van der Waals surface area contributed by atoms with Gasteiger partial charge in [0.25, 0.3) is 0 Å². The average Bonchev–Trinajstić information content (AvgIpc) is 3.04. The minimum atomic E-state index is 0.0247. The molecular formula is C24H35N3O2. The summed E-state index contributed by atoms with van der Waals surface area (Å²) >= 11 is 0. The van der Waals surface area contributed by atoms with Crippen LogP contribution < -0.4 is 0 Å². The average molecular weight is 398 g/mol. The molecule has 3 heterocycles. The van der Waals surface area contributed by atoms with E-state index < -0.39 is 0 Å². The number of nitrogens with zero attached hydrogens (tertiary/aromatic N) is 3. The highest BCUT2D eigenvalue weighted by Crippen LogP contribution is 2.54. The maximum atomic E-state index is 12.6. The summed E-state index contributed by atoms with van der Waals surface area (Å²) in [7, 11) is 4.02. The molecule has 2 aliphatic heterocycles. The lowest BCUT2D eigenvalue weighted by Gasteiger charge is -2.52. The van der Waals surface area contributed by atoms with Crippen molar-refractivity contribution in [3.05, 3.63) is 35.5 Å². The van der Waals surface area contributed by atoms with Crippen LogP contribution in [0.1, 0.15) is 56.3 Å². The van der Waals surface area contributed by atoms with Crippen molar-refractivity contribution in [2.24, 2.45) is 12.5 Å². The van der Waals surface area contributed by atoms with Crippen LogP contribution in [0.2, 0.25) is 0 Å². The van der Waals surface area contributed by atoms with Crippen molar-refractivity contribution in [1.82, 2.24) is 14.4 Å². The Labute approximate surface area is 174 Å². The topological polar surface area (TPSA) is 48.7 Å². The number of hydrogen-bond donors (Lipinski definition) is 1. The van der Waals surface area contributed by atoms with E-state index in [9.17, 15) is 4.79 Å². The Hall–Kier alpha value is -1.85. The maximum Gasteiger partial charge on any atom is 0.222 e. The zero-order chi connectivity index (χ0) is 20.6. The van der Waals surface area contributed by atoms with Crippen molar-refractivity contribution in [2.45, 2.75) is 51.5 Å². The molecule has 1 amide bonds. The van der Waals surface area contributed by atoms with E-state index in [1.54, 1.807) is 11.9 Å². The number of aliphatic hydroxyl groups is 1. The molecule has 29 heavy (non-hydrogen) atoms. The number of carbonyl (C=O) groups is 1. The van der Waals surface area contributed by atoms with Crippen LogP contribution in [-0.2, 0) is 18.3 Å². The van der Waals surface area contributed by atoms with E-state index in [-0.39, 0.29) is 17.9 Å². The van der Waals surface area contributed by atoms with E-state index in [1.807, 2.05) is 0 Å². The van der Waals surface area contributed by atoms with Gasteiger partial charge in [-0.05, 0) is 55.7 Å². The number of rotatable bonds is 6. The van der Waals surface area contributed by atoms with Gasteiger partial charge in [0.15, 0.2) is 0 Å². The molecule has 1 fully saturated rings. The predicted octanol–water partition coefficient (Wildman–Crippen LogP) is 3.50. The summed E-state index contributed by atoms with van der Waals surface area (Å²) in [6, 6.07) is 9.18. The number of carbonyl (C=O) groups excluding carboxylic acids is 1. The van der Waals surface area contributed by atoms with Gasteiger partial charge in [-0.3, -0.25) is 9.69 Å². The number of para-hydroxylation sites is 1. The number of piperidine rings is 1. The number of amides is 1. The highest BCUT2D eigenvalue weighted by Gasteiger charge is 2.48. The van der Waals surface area contributed by atoms with Crippen LogP contribution in [0, 0.1) is 5.41 Å². The van der Waals surface area contributed by atoms with Crippen molar-refractivity contribution in [2.75, 3.05) is 33.3 Å². The lowest BCUT2D eigenvalue weighted by Crippen LogP contribution is -2.50. The third-order valence-corrected chi connectivity index (χ3v) is 7.64. The van der Waals surface area contributed by atoms with E-state index >= 15 is 0 Å². The molecule has 0 radical (unpaired) electrons. The molecule has 0 spiro atoms. The van der Waals surface area contributed by atoms with Crippen molar-refractivity contribution in [1.29, 1.82) is 0 Å². The molecule has 2 atom stereocenters. The third kappa shape index (κ3) is 3.38. The lowest BCUT2D eigenvalue weighted by molar-refractivity contribution is -0.131. The molecule has 1 N–H and O–H groups in total. The quantitative estimate of drug-likeness (QED) is 0.812. The molecular weight excluding hydrogens is 362 g/mol. The summed E-state index contributed by atoms with van der Waals surface area (Å²) in [5, 5.41) is 10.6. The molecule has 1 aromatic heterocycles. The Balaban J connectivity index is 1.71. The summed E-state index contributed by atoms with van der Waals surface area (Å²) in [6.07, 6.45) is 6.08. The van der Waals surface area contributed by atoms with Gasteiger partial charge in [0, 0.05) is 50.2 Å². The molecule has 2 aliphatic rings. The van der Waals surface area contributed by atoms with Gasteiger partial charge in [0.2, 0.25) is 5.91 Å². The monoisotopic (exact) mass is 397 g/mol. The minimum absolute atomic E-state index is 0.0247. The van der Waals surface area contributed by atoms with Crippen LogP contribution in [-0.4, -0.2) is 58.7 Å². The standard InChI is InChI=1S/C24H35N3O2/c1-4-24(13-10-21(29)25(2)16-17-28)12-7-14-27-15-11-19-18-8-5-6-9-20(18)26(3)22(19)23(24)27/h5-6,8-9,23,28H,4,7,10-17H2,1-3H3/t23-,24-/m1/s1. The van der Waals surface area contributed by atoms with Gasteiger partial charge in [-0.1, -0.05) is 25.1 Å². The second-order valence-corrected chi connectivity index (χ2v) is 8.99. The molecule has 0 saturated carbocycles. The number of likely N-dealkylation sites (N-methyl/N-ethyl adjacent to an activating group) is 1. The molecule has 1 aromatic carbocycles. The fourth-order valence-electron chi connectivity index (χ4n) is 5.98. The highest BCUT2D eigenvalue weighted by atomic mass is 16.3. The summed E-state index contributed by atoms with van der Waals surface area (Å²) in [5.41, 5.74) is 4.46. The molecule has 5 nitrogen and oxygen atoms in total. The molecule has 4 rings (SSSR count). The summed E-state index contributed by atoms with van der Waals surface area (Å²) in [5.74, 6) is 0.150. The van der Waals surface area contributed by atoms with Crippen LogP contribution in [0.15, 0.2) is 24.3 Å². The smallest absolute Gasteiger partial charge is 0.222 e. The van der Waals surface area contributed by atoms with Crippen LogP contribution in [0.3, 0.4) is 0 Å². The zero-order valence-electron chi connectivity index (χ0n) is 18.2.